The average molecular weight is 771 g/mol. The normalized spacial score (nSPS) is 24.6. The number of benzene rings is 2. The molecule has 1 aromatic heterocycles. The Morgan fingerprint density at radius 2 is 1.64 bits per heavy atom. The van der Waals surface area contributed by atoms with Crippen LogP contribution in [0.2, 0.25) is 0 Å². The van der Waals surface area contributed by atoms with E-state index in [1.807, 2.05) is 12.3 Å². The zero-order chi connectivity index (χ0) is 39.7. The van der Waals surface area contributed by atoms with Crippen LogP contribution in [-0.4, -0.2) is 87.4 Å². The first-order valence-corrected chi connectivity index (χ1v) is 18.9. The lowest BCUT2D eigenvalue weighted by Gasteiger charge is -2.36. The number of fused-ring (bicyclic) bond motifs is 2. The van der Waals surface area contributed by atoms with E-state index in [4.69, 9.17) is 5.26 Å². The van der Waals surface area contributed by atoms with Gasteiger partial charge in [-0.2, -0.15) is 23.5 Å². The molecule has 1 saturated carbocycles. The molecule has 0 spiro atoms. The van der Waals surface area contributed by atoms with Crippen molar-refractivity contribution < 1.29 is 37.1 Å². The van der Waals surface area contributed by atoms with Gasteiger partial charge in [-0.15, -0.1) is 0 Å². The fraction of sp³-hybridized carbons (Fsp3) is 0.475. The molecule has 8 rings (SSSR count). The number of aromatic nitrogens is 2. The Hall–Kier alpha value is -5.56. The Bertz CT molecular complexity index is 2170. The van der Waals surface area contributed by atoms with Gasteiger partial charge in [0, 0.05) is 43.1 Å². The number of alkyl halides is 3. The fourth-order valence-electron chi connectivity index (χ4n) is 9.23. The van der Waals surface area contributed by atoms with Crippen LogP contribution in [-0.2, 0) is 26.1 Å². The van der Waals surface area contributed by atoms with Gasteiger partial charge < -0.3 is 15.1 Å². The molecule has 4 fully saturated rings. The number of carbonyl (C=O) groups is 5. The van der Waals surface area contributed by atoms with Crippen LogP contribution in [0.4, 0.5) is 24.5 Å². The number of imide groups is 2. The van der Waals surface area contributed by atoms with Crippen molar-refractivity contribution in [3.63, 3.8) is 0 Å². The Labute approximate surface area is 320 Å². The molecule has 0 bridgehead atoms. The van der Waals surface area contributed by atoms with Gasteiger partial charge in [-0.25, -0.2) is 0 Å². The number of nitrogens with zero attached hydrogens (tertiary/aromatic N) is 6. The maximum absolute atomic E-state index is 13.5. The Morgan fingerprint density at radius 3 is 2.30 bits per heavy atom. The molecule has 4 atom stereocenters. The molecule has 3 saturated heterocycles. The highest BCUT2D eigenvalue weighted by Crippen LogP contribution is 2.44. The summed E-state index contributed by atoms with van der Waals surface area (Å²) in [5.41, 5.74) is -0.432. The molecule has 56 heavy (non-hydrogen) atoms. The number of amides is 5. The number of nitriles is 1. The molecule has 13 nitrogen and oxygen atoms in total. The summed E-state index contributed by atoms with van der Waals surface area (Å²) in [5, 5.41) is 18.4. The molecule has 5 aliphatic rings. The number of hydrogen-bond acceptors (Lipinski definition) is 9. The highest BCUT2D eigenvalue weighted by molar-refractivity contribution is 6.23. The van der Waals surface area contributed by atoms with Gasteiger partial charge in [0.1, 0.15) is 11.6 Å². The third-order valence-corrected chi connectivity index (χ3v) is 12.5. The summed E-state index contributed by atoms with van der Waals surface area (Å²) in [5.74, 6) is -1.34. The maximum Gasteiger partial charge on any atom is 0.417 e. The van der Waals surface area contributed by atoms with Crippen molar-refractivity contribution in [2.24, 2.45) is 11.8 Å². The first-order valence-electron chi connectivity index (χ1n) is 18.9. The second-order valence-corrected chi connectivity index (χ2v) is 16.1. The van der Waals surface area contributed by atoms with E-state index in [9.17, 15) is 37.1 Å². The summed E-state index contributed by atoms with van der Waals surface area (Å²) in [6.45, 7) is 6.86. The van der Waals surface area contributed by atoms with E-state index in [-0.39, 0.29) is 30.0 Å². The van der Waals surface area contributed by atoms with Gasteiger partial charge in [0.05, 0.1) is 34.5 Å². The monoisotopic (exact) mass is 770 g/mol. The van der Waals surface area contributed by atoms with Gasteiger partial charge in [-0.1, -0.05) is 0 Å². The number of nitrogens with one attached hydrogen (secondary N) is 2. The van der Waals surface area contributed by atoms with Crippen LogP contribution in [0.15, 0.2) is 48.8 Å². The molecule has 0 radical (unpaired) electrons. The number of piperidine rings is 2. The van der Waals surface area contributed by atoms with Crippen LogP contribution in [0, 0.1) is 23.2 Å². The van der Waals surface area contributed by atoms with E-state index in [0.29, 0.717) is 23.4 Å². The summed E-state index contributed by atoms with van der Waals surface area (Å²) >= 11 is 0. The molecule has 4 aliphatic heterocycles. The summed E-state index contributed by atoms with van der Waals surface area (Å²) in [6.07, 6.45) is 3.07. The van der Waals surface area contributed by atoms with Crippen molar-refractivity contribution >= 4 is 40.9 Å². The van der Waals surface area contributed by atoms with E-state index in [1.54, 1.807) is 42.9 Å². The molecular weight excluding hydrogens is 729 g/mol. The van der Waals surface area contributed by atoms with Crippen molar-refractivity contribution in [2.45, 2.75) is 82.1 Å². The van der Waals surface area contributed by atoms with Crippen LogP contribution >= 0.6 is 0 Å². The van der Waals surface area contributed by atoms with E-state index in [0.717, 1.165) is 80.1 Å². The number of hydrogen-bond donors (Lipinski definition) is 2. The standard InChI is InChI=1S/C40H41F3N8O5/c1-39(2,38(56)46-27-4-3-23(17-44)32(15-27)40(41,42)43)50-21-26(18-45-50)22-9-11-48(12-10-22)29-13-24-19-49(20-25(24)14-29)28-5-6-30-31(16-28)37(55)51(36(30)54)33-7-8-34(52)47-35(33)53/h3-6,15-16,18,21-22,24-25,29,33H,7-14,19-20H2,1-2H3,(H,46,56)(H,47,52,53)/t24-,25+,29?,33?. The molecule has 2 N–H and O–H groups in total. The van der Waals surface area contributed by atoms with E-state index in [2.05, 4.69) is 25.5 Å². The molecule has 5 amide bonds. The zero-order valence-electron chi connectivity index (χ0n) is 30.9. The van der Waals surface area contributed by atoms with Gasteiger partial charge >= 0.3 is 6.18 Å². The van der Waals surface area contributed by atoms with Crippen molar-refractivity contribution in [2.75, 3.05) is 36.4 Å². The molecule has 3 aromatic rings. The average Bonchev–Trinajstić information content (AvgIpc) is 3.95. The minimum absolute atomic E-state index is 0.0598. The lowest BCUT2D eigenvalue weighted by molar-refractivity contribution is -0.138. The summed E-state index contributed by atoms with van der Waals surface area (Å²) < 4.78 is 42.0. The molecule has 292 valence electrons. The van der Waals surface area contributed by atoms with Gasteiger partial charge in [-0.3, -0.25) is 38.9 Å². The Morgan fingerprint density at radius 1 is 0.946 bits per heavy atom. The van der Waals surface area contributed by atoms with Crippen LogP contribution in [0.1, 0.15) is 95.7 Å². The minimum atomic E-state index is -4.74. The highest BCUT2D eigenvalue weighted by atomic mass is 19.4. The van der Waals surface area contributed by atoms with Crippen molar-refractivity contribution in [3.8, 4) is 6.07 Å². The topological polar surface area (TPSA) is 161 Å². The quantitative estimate of drug-likeness (QED) is 0.326. The predicted molar refractivity (Wildman–Crippen MR) is 195 cm³/mol. The van der Waals surface area contributed by atoms with E-state index < -0.39 is 58.4 Å². The van der Waals surface area contributed by atoms with Crippen molar-refractivity contribution in [1.82, 2.24) is 24.9 Å². The summed E-state index contributed by atoms with van der Waals surface area (Å²) in [4.78, 5) is 69.7. The Balaban J connectivity index is 0.839. The lowest BCUT2D eigenvalue weighted by atomic mass is 9.90. The molecule has 2 unspecified atom stereocenters. The fourth-order valence-corrected chi connectivity index (χ4v) is 9.23. The first kappa shape index (κ1) is 37.4. The second kappa shape index (κ2) is 13.9. The third-order valence-electron chi connectivity index (χ3n) is 12.5. The molecular formula is C40H41F3N8O5. The Kier molecular flexibility index (Phi) is 9.26. The number of anilines is 2. The number of likely N-dealkylation sites (tertiary alicyclic amines) is 1. The summed E-state index contributed by atoms with van der Waals surface area (Å²) in [7, 11) is 0. The maximum atomic E-state index is 13.5. The number of carbonyl (C=O) groups excluding carboxylic acids is 5. The van der Waals surface area contributed by atoms with Crippen LogP contribution < -0.4 is 15.5 Å². The second-order valence-electron chi connectivity index (χ2n) is 16.1. The highest BCUT2D eigenvalue weighted by Gasteiger charge is 2.47. The van der Waals surface area contributed by atoms with E-state index in [1.165, 1.54) is 6.07 Å². The summed E-state index contributed by atoms with van der Waals surface area (Å²) in [6, 6.07) is 9.42. The SMILES string of the molecule is CC(C)(C(=O)Nc1ccc(C#N)c(C(F)(F)F)c1)n1cc(C2CCN(C3C[C@@H]4CN(c5ccc6c(c5)C(=O)N(C5CCC(=O)NC5=O)C6=O)C[C@@H]4C3)CC2)cn1. The minimum Gasteiger partial charge on any atom is -0.371 e. The third kappa shape index (κ3) is 6.61. The van der Waals surface area contributed by atoms with Gasteiger partial charge in [0.25, 0.3) is 17.7 Å². The van der Waals surface area contributed by atoms with Gasteiger partial charge in [0.15, 0.2) is 0 Å². The number of rotatable bonds is 7. The van der Waals surface area contributed by atoms with E-state index >= 15 is 0 Å². The lowest BCUT2D eigenvalue weighted by Crippen LogP contribution is -2.54. The van der Waals surface area contributed by atoms with Gasteiger partial charge in [0.2, 0.25) is 11.8 Å². The predicted octanol–water partition coefficient (Wildman–Crippen LogP) is 4.64. The van der Waals surface area contributed by atoms with Crippen LogP contribution in [0.5, 0.6) is 0 Å². The molecule has 1 aliphatic carbocycles. The van der Waals surface area contributed by atoms with Crippen molar-refractivity contribution in [1.29, 1.82) is 5.26 Å². The zero-order valence-corrected chi connectivity index (χ0v) is 30.9. The van der Waals surface area contributed by atoms with Crippen LogP contribution in [0.25, 0.3) is 0 Å². The van der Waals surface area contributed by atoms with Gasteiger partial charge in [-0.05, 0) is 119 Å². The first-order chi connectivity index (χ1) is 26.6. The largest absolute Gasteiger partial charge is 0.417 e. The molecule has 5 heterocycles. The molecule has 2 aromatic carbocycles. The van der Waals surface area contributed by atoms with Crippen molar-refractivity contribution in [3.05, 3.63) is 76.6 Å². The smallest absolute Gasteiger partial charge is 0.371 e. The number of halogens is 3. The molecule has 16 heteroatoms. The van der Waals surface area contributed by atoms with Crippen LogP contribution in [0.3, 0.4) is 0 Å².